The standard InChI is InChI=1S/C24H25FN2O5/c1-5-31-24(30)22-15(2)21(16(3)26(22)4)20(28)14-27(13-19-7-6-12-32-19)23(29)17-8-10-18(25)11-9-17/h6-12H,5,13-14H2,1-4H3. The maximum Gasteiger partial charge on any atom is 0.355 e. The molecule has 0 atom stereocenters. The van der Waals surface area contributed by atoms with E-state index < -0.39 is 17.7 Å². The number of amides is 1. The molecule has 0 bridgehead atoms. The van der Waals surface area contributed by atoms with Gasteiger partial charge in [-0.05, 0) is 62.7 Å². The summed E-state index contributed by atoms with van der Waals surface area (Å²) in [6, 6.07) is 8.51. The Balaban J connectivity index is 1.93. The van der Waals surface area contributed by atoms with Crippen LogP contribution in [-0.2, 0) is 18.3 Å². The molecule has 0 saturated carbocycles. The normalized spacial score (nSPS) is 10.8. The SMILES string of the molecule is CCOC(=O)c1c(C)c(C(=O)CN(Cc2ccco2)C(=O)c2ccc(F)cc2)c(C)n1C. The van der Waals surface area contributed by atoms with Gasteiger partial charge in [0.2, 0.25) is 0 Å². The predicted molar refractivity (Wildman–Crippen MR) is 115 cm³/mol. The van der Waals surface area contributed by atoms with E-state index in [0.717, 1.165) is 0 Å². The number of halogens is 1. The molecule has 7 nitrogen and oxygen atoms in total. The topological polar surface area (TPSA) is 81.8 Å². The van der Waals surface area contributed by atoms with E-state index in [1.165, 1.54) is 35.4 Å². The number of aromatic nitrogens is 1. The Morgan fingerprint density at radius 3 is 2.41 bits per heavy atom. The first kappa shape index (κ1) is 23.0. The fourth-order valence-corrected chi connectivity index (χ4v) is 3.69. The number of rotatable bonds is 8. The maximum atomic E-state index is 13.3. The minimum Gasteiger partial charge on any atom is -0.467 e. The van der Waals surface area contributed by atoms with E-state index in [2.05, 4.69) is 0 Å². The Labute approximate surface area is 185 Å². The molecule has 0 aliphatic carbocycles. The fourth-order valence-electron chi connectivity index (χ4n) is 3.69. The summed E-state index contributed by atoms with van der Waals surface area (Å²) in [6.07, 6.45) is 1.48. The lowest BCUT2D eigenvalue weighted by molar-refractivity contribution is 0.0514. The minimum absolute atomic E-state index is 0.0601. The van der Waals surface area contributed by atoms with Gasteiger partial charge in [0.25, 0.3) is 5.91 Å². The number of Topliss-reactive ketones (excluding diaryl/α,β-unsaturated/α-hetero) is 1. The molecule has 0 N–H and O–H groups in total. The van der Waals surface area contributed by atoms with Crippen molar-refractivity contribution in [3.8, 4) is 0 Å². The van der Waals surface area contributed by atoms with Crippen molar-refractivity contribution in [3.63, 3.8) is 0 Å². The van der Waals surface area contributed by atoms with E-state index in [1.54, 1.807) is 44.5 Å². The van der Waals surface area contributed by atoms with Crippen LogP contribution in [0.3, 0.4) is 0 Å². The Kier molecular flexibility index (Phi) is 6.92. The second-order valence-electron chi connectivity index (χ2n) is 7.38. The highest BCUT2D eigenvalue weighted by Gasteiger charge is 2.28. The van der Waals surface area contributed by atoms with Gasteiger partial charge < -0.3 is 18.6 Å². The first-order chi connectivity index (χ1) is 15.2. The number of hydrogen-bond donors (Lipinski definition) is 0. The number of ketones is 1. The zero-order chi connectivity index (χ0) is 23.4. The molecule has 2 aromatic heterocycles. The number of nitrogens with zero attached hydrogens (tertiary/aromatic N) is 2. The lowest BCUT2D eigenvalue weighted by Gasteiger charge is -2.21. The first-order valence-electron chi connectivity index (χ1n) is 10.2. The van der Waals surface area contributed by atoms with E-state index in [9.17, 15) is 18.8 Å². The molecule has 0 radical (unpaired) electrons. The quantitative estimate of drug-likeness (QED) is 0.390. The molecular weight excluding hydrogens is 415 g/mol. The van der Waals surface area contributed by atoms with Crippen LogP contribution in [0.1, 0.15) is 55.1 Å². The molecule has 0 unspecified atom stereocenters. The average Bonchev–Trinajstić information content (AvgIpc) is 3.34. The molecule has 8 heteroatoms. The van der Waals surface area contributed by atoms with Crippen LogP contribution in [0.15, 0.2) is 47.1 Å². The molecule has 3 aromatic rings. The first-order valence-corrected chi connectivity index (χ1v) is 10.2. The second kappa shape index (κ2) is 9.64. The van der Waals surface area contributed by atoms with Crippen LogP contribution in [0.25, 0.3) is 0 Å². The van der Waals surface area contributed by atoms with Crippen molar-refractivity contribution in [1.82, 2.24) is 9.47 Å². The summed E-state index contributed by atoms with van der Waals surface area (Å²) in [5, 5.41) is 0. The van der Waals surface area contributed by atoms with Crippen LogP contribution in [-0.4, -0.2) is 40.3 Å². The summed E-state index contributed by atoms with van der Waals surface area (Å²) >= 11 is 0. The van der Waals surface area contributed by atoms with Crippen molar-refractivity contribution in [3.05, 3.63) is 82.3 Å². The number of ether oxygens (including phenoxy) is 1. The molecule has 0 aliphatic heterocycles. The zero-order valence-electron chi connectivity index (χ0n) is 18.5. The summed E-state index contributed by atoms with van der Waals surface area (Å²) in [4.78, 5) is 40.1. The Morgan fingerprint density at radius 1 is 1.12 bits per heavy atom. The second-order valence-corrected chi connectivity index (χ2v) is 7.38. The minimum atomic E-state index is -0.510. The van der Waals surface area contributed by atoms with Crippen molar-refractivity contribution >= 4 is 17.7 Å². The van der Waals surface area contributed by atoms with Crippen molar-refractivity contribution in [2.45, 2.75) is 27.3 Å². The van der Waals surface area contributed by atoms with Gasteiger partial charge in [-0.25, -0.2) is 9.18 Å². The average molecular weight is 440 g/mol. The van der Waals surface area contributed by atoms with Gasteiger partial charge in [0, 0.05) is 23.9 Å². The van der Waals surface area contributed by atoms with Crippen LogP contribution >= 0.6 is 0 Å². The molecule has 2 heterocycles. The highest BCUT2D eigenvalue weighted by Crippen LogP contribution is 2.23. The molecule has 0 aliphatic rings. The Morgan fingerprint density at radius 2 is 1.81 bits per heavy atom. The number of furan rings is 1. The number of carbonyl (C=O) groups is 3. The molecule has 1 amide bonds. The third kappa shape index (κ3) is 4.64. The Bertz CT molecular complexity index is 1130. The number of hydrogen-bond acceptors (Lipinski definition) is 5. The fraction of sp³-hybridized carbons (Fsp3) is 0.292. The highest BCUT2D eigenvalue weighted by atomic mass is 19.1. The largest absolute Gasteiger partial charge is 0.467 e. The van der Waals surface area contributed by atoms with Gasteiger partial charge in [-0.15, -0.1) is 0 Å². The van der Waals surface area contributed by atoms with Gasteiger partial charge in [-0.3, -0.25) is 9.59 Å². The monoisotopic (exact) mass is 440 g/mol. The molecule has 0 spiro atoms. The van der Waals surface area contributed by atoms with Crippen LogP contribution in [0.2, 0.25) is 0 Å². The number of esters is 1. The van der Waals surface area contributed by atoms with Crippen molar-refractivity contribution in [2.75, 3.05) is 13.2 Å². The lowest BCUT2D eigenvalue weighted by Crippen LogP contribution is -2.35. The summed E-state index contributed by atoms with van der Waals surface area (Å²) in [7, 11) is 1.69. The van der Waals surface area contributed by atoms with Crippen LogP contribution < -0.4 is 0 Å². The predicted octanol–water partition coefficient (Wildman–Crippen LogP) is 4.08. The van der Waals surface area contributed by atoms with Crippen LogP contribution in [0, 0.1) is 19.7 Å². The molecule has 32 heavy (non-hydrogen) atoms. The third-order valence-corrected chi connectivity index (χ3v) is 5.32. The maximum absolute atomic E-state index is 13.3. The van der Waals surface area contributed by atoms with E-state index in [4.69, 9.17) is 9.15 Å². The highest BCUT2D eigenvalue weighted by molar-refractivity contribution is 6.06. The Hall–Kier alpha value is -3.68. The van der Waals surface area contributed by atoms with E-state index in [1.807, 2.05) is 0 Å². The molecule has 3 rings (SSSR count). The van der Waals surface area contributed by atoms with Crippen molar-refractivity contribution in [2.24, 2.45) is 7.05 Å². The van der Waals surface area contributed by atoms with Crippen LogP contribution in [0.4, 0.5) is 4.39 Å². The zero-order valence-corrected chi connectivity index (χ0v) is 18.5. The van der Waals surface area contributed by atoms with Crippen LogP contribution in [0.5, 0.6) is 0 Å². The van der Waals surface area contributed by atoms with Crippen molar-refractivity contribution < 1.29 is 27.9 Å². The van der Waals surface area contributed by atoms with E-state index in [0.29, 0.717) is 28.3 Å². The molecule has 1 aromatic carbocycles. The molecule has 168 valence electrons. The molecule has 0 fully saturated rings. The van der Waals surface area contributed by atoms with E-state index >= 15 is 0 Å². The summed E-state index contributed by atoms with van der Waals surface area (Å²) in [5.74, 6) is -1.23. The lowest BCUT2D eigenvalue weighted by atomic mass is 10.0. The van der Waals surface area contributed by atoms with Gasteiger partial charge in [0.1, 0.15) is 17.3 Å². The third-order valence-electron chi connectivity index (χ3n) is 5.32. The number of benzene rings is 1. The molecular formula is C24H25FN2O5. The molecule has 0 saturated heterocycles. The van der Waals surface area contributed by atoms with Crippen molar-refractivity contribution in [1.29, 1.82) is 0 Å². The van der Waals surface area contributed by atoms with Gasteiger partial charge >= 0.3 is 5.97 Å². The summed E-state index contributed by atoms with van der Waals surface area (Å²) in [5.41, 5.74) is 2.02. The van der Waals surface area contributed by atoms with Gasteiger partial charge in [-0.1, -0.05) is 0 Å². The smallest absolute Gasteiger partial charge is 0.355 e. The van der Waals surface area contributed by atoms with Gasteiger partial charge in [-0.2, -0.15) is 0 Å². The summed E-state index contributed by atoms with van der Waals surface area (Å²) in [6.45, 7) is 5.17. The van der Waals surface area contributed by atoms with Gasteiger partial charge in [0.15, 0.2) is 5.78 Å². The number of carbonyl (C=O) groups excluding carboxylic acids is 3. The van der Waals surface area contributed by atoms with Gasteiger partial charge in [0.05, 0.1) is 26.0 Å². The summed E-state index contributed by atoms with van der Waals surface area (Å²) < 4.78 is 25.4. The van der Waals surface area contributed by atoms with E-state index in [-0.39, 0.29) is 31.0 Å².